The van der Waals surface area contributed by atoms with E-state index in [0.29, 0.717) is 5.69 Å². The van der Waals surface area contributed by atoms with Crippen molar-refractivity contribution in [3.63, 3.8) is 0 Å². The Balaban J connectivity index is 1.92. The van der Waals surface area contributed by atoms with Crippen molar-refractivity contribution in [2.45, 2.75) is 19.1 Å². The van der Waals surface area contributed by atoms with Crippen LogP contribution in [0.25, 0.3) is 0 Å². The van der Waals surface area contributed by atoms with Gasteiger partial charge in [-0.3, -0.25) is 4.79 Å². The van der Waals surface area contributed by atoms with Crippen LogP contribution >= 0.6 is 0 Å². The molecule has 2 heterocycles. The Morgan fingerprint density at radius 2 is 2.23 bits per heavy atom. The van der Waals surface area contributed by atoms with Gasteiger partial charge in [-0.15, -0.1) is 0 Å². The standard InChI is InChI=1S/C12H12F3N5O2/c1-8(20-7-16-6-18-20)11(21)19-9-2-3-10(17-4-9)22-5-12(13,14)15/h2-4,6-8H,5H2,1H3,(H,19,21)/t8-/m0/s1. The van der Waals surface area contributed by atoms with Crippen LogP contribution < -0.4 is 10.1 Å². The average Bonchev–Trinajstić information content (AvgIpc) is 2.99. The fourth-order valence-electron chi connectivity index (χ4n) is 1.48. The minimum absolute atomic E-state index is 0.181. The first-order valence-electron chi connectivity index (χ1n) is 6.16. The molecule has 22 heavy (non-hydrogen) atoms. The van der Waals surface area contributed by atoms with Gasteiger partial charge in [0.15, 0.2) is 6.61 Å². The summed E-state index contributed by atoms with van der Waals surface area (Å²) in [6, 6.07) is 2.04. The van der Waals surface area contributed by atoms with Crippen LogP contribution in [0.5, 0.6) is 5.88 Å². The molecule has 0 aliphatic carbocycles. The van der Waals surface area contributed by atoms with Crippen LogP contribution in [0.2, 0.25) is 0 Å². The Kier molecular flexibility index (Phi) is 4.59. The maximum Gasteiger partial charge on any atom is 0.422 e. The van der Waals surface area contributed by atoms with Crippen molar-refractivity contribution in [2.24, 2.45) is 0 Å². The quantitative estimate of drug-likeness (QED) is 0.910. The smallest absolute Gasteiger partial charge is 0.422 e. The molecule has 7 nitrogen and oxygen atoms in total. The number of nitrogens with one attached hydrogen (secondary N) is 1. The number of hydrogen-bond acceptors (Lipinski definition) is 5. The molecule has 1 amide bonds. The molecule has 2 rings (SSSR count). The number of hydrogen-bond donors (Lipinski definition) is 1. The highest BCUT2D eigenvalue weighted by Crippen LogP contribution is 2.18. The fraction of sp³-hybridized carbons (Fsp3) is 0.333. The fourth-order valence-corrected chi connectivity index (χ4v) is 1.48. The van der Waals surface area contributed by atoms with Crippen molar-refractivity contribution >= 4 is 11.6 Å². The monoisotopic (exact) mass is 315 g/mol. The van der Waals surface area contributed by atoms with Crippen molar-refractivity contribution in [3.8, 4) is 5.88 Å². The second-order valence-electron chi connectivity index (χ2n) is 4.33. The molecule has 1 N–H and O–H groups in total. The van der Waals surface area contributed by atoms with E-state index in [2.05, 4.69) is 25.1 Å². The summed E-state index contributed by atoms with van der Waals surface area (Å²) in [6.45, 7) is 0.202. The maximum absolute atomic E-state index is 12.0. The van der Waals surface area contributed by atoms with Crippen LogP contribution in [0.1, 0.15) is 13.0 Å². The van der Waals surface area contributed by atoms with Gasteiger partial charge in [0.2, 0.25) is 11.8 Å². The molecular formula is C12H12F3N5O2. The van der Waals surface area contributed by atoms with Crippen LogP contribution in [0.3, 0.4) is 0 Å². The van der Waals surface area contributed by atoms with Crippen LogP contribution in [-0.4, -0.2) is 38.4 Å². The SMILES string of the molecule is C[C@@H](C(=O)Nc1ccc(OCC(F)(F)F)nc1)n1cncn1. The third kappa shape index (κ3) is 4.43. The predicted molar refractivity (Wildman–Crippen MR) is 69.1 cm³/mol. The zero-order chi connectivity index (χ0) is 16.2. The zero-order valence-corrected chi connectivity index (χ0v) is 11.4. The summed E-state index contributed by atoms with van der Waals surface area (Å²) >= 11 is 0. The van der Waals surface area contributed by atoms with E-state index in [1.807, 2.05) is 0 Å². The molecule has 10 heteroatoms. The number of aromatic nitrogens is 4. The molecule has 0 spiro atoms. The zero-order valence-electron chi connectivity index (χ0n) is 11.4. The molecule has 0 saturated heterocycles. The number of rotatable bonds is 5. The molecule has 0 saturated carbocycles. The molecule has 0 radical (unpaired) electrons. The Labute approximate surface area is 123 Å². The van der Waals surface area contributed by atoms with Gasteiger partial charge in [-0.2, -0.15) is 18.3 Å². The van der Waals surface area contributed by atoms with Gasteiger partial charge in [0.05, 0.1) is 11.9 Å². The highest BCUT2D eigenvalue weighted by Gasteiger charge is 2.28. The number of alkyl halides is 3. The Bertz CT molecular complexity index is 613. The van der Waals surface area contributed by atoms with Gasteiger partial charge in [0.25, 0.3) is 0 Å². The first kappa shape index (κ1) is 15.7. The number of amides is 1. The number of nitrogens with zero attached hydrogens (tertiary/aromatic N) is 4. The number of halogens is 3. The topological polar surface area (TPSA) is 81.9 Å². The van der Waals surface area contributed by atoms with Gasteiger partial charge in [0, 0.05) is 6.07 Å². The third-order valence-electron chi connectivity index (χ3n) is 2.60. The number of carbonyl (C=O) groups excluding carboxylic acids is 1. The van der Waals surface area contributed by atoms with Crippen LogP contribution in [-0.2, 0) is 4.79 Å². The maximum atomic E-state index is 12.0. The van der Waals surface area contributed by atoms with E-state index in [0.717, 1.165) is 0 Å². The lowest BCUT2D eigenvalue weighted by Crippen LogP contribution is -2.24. The number of anilines is 1. The minimum Gasteiger partial charge on any atom is -0.468 e. The minimum atomic E-state index is -4.43. The summed E-state index contributed by atoms with van der Waals surface area (Å²) in [7, 11) is 0. The van der Waals surface area contributed by atoms with Crippen molar-refractivity contribution in [3.05, 3.63) is 31.0 Å². The molecule has 2 aromatic rings. The summed E-state index contributed by atoms with van der Waals surface area (Å²) in [4.78, 5) is 19.4. The lowest BCUT2D eigenvalue weighted by Gasteiger charge is -2.12. The predicted octanol–water partition coefficient (Wildman–Crippen LogP) is 1.81. The summed E-state index contributed by atoms with van der Waals surface area (Å²) in [5.41, 5.74) is 0.330. The molecular weight excluding hydrogens is 303 g/mol. The second kappa shape index (κ2) is 6.41. The summed E-state index contributed by atoms with van der Waals surface area (Å²) in [5, 5.41) is 6.40. The summed E-state index contributed by atoms with van der Waals surface area (Å²) in [6.07, 6.45) is -0.520. The lowest BCUT2D eigenvalue weighted by atomic mass is 10.3. The van der Waals surface area contributed by atoms with Crippen molar-refractivity contribution in [1.82, 2.24) is 19.7 Å². The second-order valence-corrected chi connectivity index (χ2v) is 4.33. The first-order valence-corrected chi connectivity index (χ1v) is 6.16. The van der Waals surface area contributed by atoms with Gasteiger partial charge in [-0.1, -0.05) is 0 Å². The highest BCUT2D eigenvalue weighted by atomic mass is 19.4. The van der Waals surface area contributed by atoms with Crippen LogP contribution in [0, 0.1) is 0 Å². The van der Waals surface area contributed by atoms with E-state index in [1.54, 1.807) is 6.92 Å². The van der Waals surface area contributed by atoms with E-state index in [9.17, 15) is 18.0 Å². The normalized spacial score (nSPS) is 12.7. The van der Waals surface area contributed by atoms with Crippen molar-refractivity contribution < 1.29 is 22.7 Å². The molecule has 118 valence electrons. The van der Waals surface area contributed by atoms with E-state index in [1.165, 1.54) is 35.7 Å². The van der Waals surface area contributed by atoms with Crippen molar-refractivity contribution in [2.75, 3.05) is 11.9 Å². The van der Waals surface area contributed by atoms with Gasteiger partial charge < -0.3 is 10.1 Å². The number of pyridine rings is 1. The van der Waals surface area contributed by atoms with Crippen LogP contribution in [0.15, 0.2) is 31.0 Å². The molecule has 0 aliphatic heterocycles. The Hall–Kier alpha value is -2.65. The molecule has 0 bridgehead atoms. The molecule has 0 aromatic carbocycles. The lowest BCUT2D eigenvalue weighted by molar-refractivity contribution is -0.154. The van der Waals surface area contributed by atoms with Gasteiger partial charge in [-0.05, 0) is 13.0 Å². The molecule has 1 atom stereocenters. The molecule has 0 unspecified atom stereocenters. The highest BCUT2D eigenvalue weighted by molar-refractivity contribution is 5.93. The molecule has 0 fully saturated rings. The van der Waals surface area contributed by atoms with Crippen molar-refractivity contribution in [1.29, 1.82) is 0 Å². The molecule has 2 aromatic heterocycles. The summed E-state index contributed by atoms with van der Waals surface area (Å²) < 4.78 is 41.8. The molecule has 0 aliphatic rings. The first-order chi connectivity index (χ1) is 10.3. The number of ether oxygens (including phenoxy) is 1. The largest absolute Gasteiger partial charge is 0.468 e. The van der Waals surface area contributed by atoms with Gasteiger partial charge in [0.1, 0.15) is 18.7 Å². The van der Waals surface area contributed by atoms with E-state index in [-0.39, 0.29) is 11.8 Å². The Morgan fingerprint density at radius 1 is 1.45 bits per heavy atom. The third-order valence-corrected chi connectivity index (χ3v) is 2.60. The number of carbonyl (C=O) groups is 1. The van der Waals surface area contributed by atoms with Gasteiger partial charge >= 0.3 is 6.18 Å². The summed E-state index contributed by atoms with van der Waals surface area (Å²) in [5.74, 6) is -0.545. The van der Waals surface area contributed by atoms with E-state index >= 15 is 0 Å². The van der Waals surface area contributed by atoms with E-state index < -0.39 is 18.8 Å². The average molecular weight is 315 g/mol. The van der Waals surface area contributed by atoms with Gasteiger partial charge in [-0.25, -0.2) is 14.6 Å². The van der Waals surface area contributed by atoms with Crippen LogP contribution in [0.4, 0.5) is 18.9 Å². The van der Waals surface area contributed by atoms with E-state index in [4.69, 9.17) is 0 Å². The Morgan fingerprint density at radius 3 is 2.77 bits per heavy atom.